The Bertz CT molecular complexity index is 241. The van der Waals surface area contributed by atoms with Crippen LogP contribution in [0.1, 0.15) is 59.3 Å². The van der Waals surface area contributed by atoms with Crippen LogP contribution in [0.25, 0.3) is 0 Å². The SMILES string of the molecule is CCOC1(C(N)=NCC(C)C)CCCCCC1. The van der Waals surface area contributed by atoms with Crippen LogP contribution in [0.5, 0.6) is 0 Å². The molecule has 1 aliphatic carbocycles. The molecule has 1 aliphatic rings. The van der Waals surface area contributed by atoms with Crippen molar-refractivity contribution in [3.8, 4) is 0 Å². The molecule has 0 spiro atoms. The molecule has 0 aromatic carbocycles. The summed E-state index contributed by atoms with van der Waals surface area (Å²) in [6, 6.07) is 0. The molecule has 0 aromatic heterocycles. The second-order valence-corrected chi connectivity index (χ2v) is 5.46. The first-order chi connectivity index (χ1) is 8.10. The van der Waals surface area contributed by atoms with Gasteiger partial charge in [-0.2, -0.15) is 0 Å². The minimum Gasteiger partial charge on any atom is -0.385 e. The number of hydrogen-bond acceptors (Lipinski definition) is 2. The van der Waals surface area contributed by atoms with Gasteiger partial charge in [-0.3, -0.25) is 4.99 Å². The van der Waals surface area contributed by atoms with Gasteiger partial charge in [0.25, 0.3) is 0 Å². The van der Waals surface area contributed by atoms with Crippen LogP contribution in [0.3, 0.4) is 0 Å². The van der Waals surface area contributed by atoms with Crippen molar-refractivity contribution in [1.82, 2.24) is 0 Å². The van der Waals surface area contributed by atoms with E-state index in [4.69, 9.17) is 10.5 Å². The van der Waals surface area contributed by atoms with Crippen LogP contribution < -0.4 is 5.73 Å². The highest BCUT2D eigenvalue weighted by molar-refractivity contribution is 5.89. The first-order valence-electron chi connectivity index (χ1n) is 7.05. The fourth-order valence-electron chi connectivity index (χ4n) is 2.48. The van der Waals surface area contributed by atoms with Gasteiger partial charge < -0.3 is 10.5 Å². The molecule has 0 heterocycles. The van der Waals surface area contributed by atoms with Gasteiger partial charge in [0, 0.05) is 13.2 Å². The molecule has 3 heteroatoms. The number of rotatable bonds is 5. The summed E-state index contributed by atoms with van der Waals surface area (Å²) >= 11 is 0. The fraction of sp³-hybridized carbons (Fsp3) is 0.929. The molecule has 0 atom stereocenters. The number of nitrogens with zero attached hydrogens (tertiary/aromatic N) is 1. The molecule has 100 valence electrons. The highest BCUT2D eigenvalue weighted by Crippen LogP contribution is 2.30. The lowest BCUT2D eigenvalue weighted by Crippen LogP contribution is -2.46. The number of nitrogens with two attached hydrogens (primary N) is 1. The highest BCUT2D eigenvalue weighted by Gasteiger charge is 2.35. The molecule has 0 unspecified atom stereocenters. The number of ether oxygens (including phenoxy) is 1. The summed E-state index contributed by atoms with van der Waals surface area (Å²) in [6.45, 7) is 7.90. The summed E-state index contributed by atoms with van der Waals surface area (Å²) in [7, 11) is 0. The summed E-state index contributed by atoms with van der Waals surface area (Å²) < 4.78 is 5.99. The fourth-order valence-corrected chi connectivity index (χ4v) is 2.48. The predicted molar refractivity (Wildman–Crippen MR) is 73.4 cm³/mol. The maximum absolute atomic E-state index is 6.21. The standard InChI is InChI=1S/C14H28N2O/c1-4-17-14(9-7-5-6-8-10-14)13(15)16-11-12(2)3/h12H,4-11H2,1-3H3,(H2,15,16). The Kier molecular flexibility index (Phi) is 5.96. The van der Waals surface area contributed by atoms with E-state index in [9.17, 15) is 0 Å². The molecule has 0 amide bonds. The van der Waals surface area contributed by atoms with Gasteiger partial charge in [-0.25, -0.2) is 0 Å². The van der Waals surface area contributed by atoms with E-state index in [-0.39, 0.29) is 5.60 Å². The zero-order valence-electron chi connectivity index (χ0n) is 11.7. The van der Waals surface area contributed by atoms with Crippen molar-refractivity contribution in [3.63, 3.8) is 0 Å². The van der Waals surface area contributed by atoms with E-state index in [0.717, 1.165) is 31.8 Å². The first kappa shape index (κ1) is 14.5. The smallest absolute Gasteiger partial charge is 0.126 e. The Morgan fingerprint density at radius 1 is 1.24 bits per heavy atom. The summed E-state index contributed by atoms with van der Waals surface area (Å²) in [5.41, 5.74) is 5.95. The molecule has 1 rings (SSSR count). The molecular formula is C14H28N2O. The molecule has 0 bridgehead atoms. The van der Waals surface area contributed by atoms with E-state index < -0.39 is 0 Å². The van der Waals surface area contributed by atoms with Crippen molar-refractivity contribution >= 4 is 5.84 Å². The molecule has 17 heavy (non-hydrogen) atoms. The van der Waals surface area contributed by atoms with Gasteiger partial charge in [0.05, 0.1) is 0 Å². The van der Waals surface area contributed by atoms with Crippen LogP contribution in [0.15, 0.2) is 4.99 Å². The number of amidine groups is 1. The topological polar surface area (TPSA) is 47.6 Å². The van der Waals surface area contributed by atoms with Crippen LogP contribution in [0.2, 0.25) is 0 Å². The van der Waals surface area contributed by atoms with E-state index in [0.29, 0.717) is 5.92 Å². The predicted octanol–water partition coefficient (Wildman–Crippen LogP) is 3.13. The van der Waals surface area contributed by atoms with Crippen molar-refractivity contribution in [2.24, 2.45) is 16.6 Å². The van der Waals surface area contributed by atoms with Crippen LogP contribution in [-0.4, -0.2) is 24.6 Å². The maximum Gasteiger partial charge on any atom is 0.126 e. The Morgan fingerprint density at radius 3 is 2.29 bits per heavy atom. The third-order valence-corrected chi connectivity index (χ3v) is 3.43. The van der Waals surface area contributed by atoms with Gasteiger partial charge in [0.1, 0.15) is 11.4 Å². The molecule has 2 N–H and O–H groups in total. The average Bonchev–Trinajstić information content (AvgIpc) is 2.53. The maximum atomic E-state index is 6.21. The van der Waals surface area contributed by atoms with Gasteiger partial charge in [-0.05, 0) is 25.7 Å². The minimum atomic E-state index is -0.264. The van der Waals surface area contributed by atoms with Gasteiger partial charge in [0.2, 0.25) is 0 Å². The number of hydrogen-bond donors (Lipinski definition) is 1. The third-order valence-electron chi connectivity index (χ3n) is 3.43. The third kappa shape index (κ3) is 4.30. The molecule has 0 aromatic rings. The van der Waals surface area contributed by atoms with Crippen molar-refractivity contribution < 1.29 is 4.74 Å². The molecule has 0 aliphatic heterocycles. The highest BCUT2D eigenvalue weighted by atomic mass is 16.5. The monoisotopic (exact) mass is 240 g/mol. The van der Waals surface area contributed by atoms with Gasteiger partial charge in [-0.15, -0.1) is 0 Å². The summed E-state index contributed by atoms with van der Waals surface area (Å²) in [4.78, 5) is 4.55. The van der Waals surface area contributed by atoms with Gasteiger partial charge >= 0.3 is 0 Å². The quantitative estimate of drug-likeness (QED) is 0.456. The van der Waals surface area contributed by atoms with Crippen LogP contribution in [0, 0.1) is 5.92 Å². The molecule has 3 nitrogen and oxygen atoms in total. The van der Waals surface area contributed by atoms with E-state index in [1.54, 1.807) is 0 Å². The summed E-state index contributed by atoms with van der Waals surface area (Å²) in [5.74, 6) is 1.29. The summed E-state index contributed by atoms with van der Waals surface area (Å²) in [5, 5.41) is 0. The first-order valence-corrected chi connectivity index (χ1v) is 7.05. The lowest BCUT2D eigenvalue weighted by Gasteiger charge is -2.32. The minimum absolute atomic E-state index is 0.264. The zero-order chi connectivity index (χ0) is 12.7. The second kappa shape index (κ2) is 7.00. The van der Waals surface area contributed by atoms with E-state index in [2.05, 4.69) is 18.8 Å². The lowest BCUT2D eigenvalue weighted by molar-refractivity contribution is 0.00316. The van der Waals surface area contributed by atoms with Crippen molar-refractivity contribution in [2.45, 2.75) is 64.9 Å². The molecule has 1 fully saturated rings. The second-order valence-electron chi connectivity index (χ2n) is 5.46. The normalized spacial score (nSPS) is 21.5. The Balaban J connectivity index is 2.77. The Morgan fingerprint density at radius 2 is 1.82 bits per heavy atom. The van der Waals surface area contributed by atoms with Crippen LogP contribution in [0.4, 0.5) is 0 Å². The molecular weight excluding hydrogens is 212 g/mol. The Hall–Kier alpha value is -0.570. The van der Waals surface area contributed by atoms with Gasteiger partial charge in [-0.1, -0.05) is 39.5 Å². The van der Waals surface area contributed by atoms with Gasteiger partial charge in [0.15, 0.2) is 0 Å². The largest absolute Gasteiger partial charge is 0.385 e. The average molecular weight is 240 g/mol. The number of aliphatic imine (C=N–C) groups is 1. The molecule has 1 saturated carbocycles. The van der Waals surface area contributed by atoms with Crippen LogP contribution in [-0.2, 0) is 4.74 Å². The van der Waals surface area contributed by atoms with Crippen molar-refractivity contribution in [2.75, 3.05) is 13.2 Å². The Labute approximate surface area is 106 Å². The lowest BCUT2D eigenvalue weighted by atomic mass is 9.92. The summed E-state index contributed by atoms with van der Waals surface area (Å²) in [6.07, 6.45) is 7.08. The zero-order valence-corrected chi connectivity index (χ0v) is 11.7. The van der Waals surface area contributed by atoms with E-state index in [1.165, 1.54) is 25.7 Å². The van der Waals surface area contributed by atoms with E-state index in [1.807, 2.05) is 6.92 Å². The van der Waals surface area contributed by atoms with Crippen molar-refractivity contribution in [1.29, 1.82) is 0 Å². The van der Waals surface area contributed by atoms with Crippen molar-refractivity contribution in [3.05, 3.63) is 0 Å². The van der Waals surface area contributed by atoms with E-state index >= 15 is 0 Å². The molecule has 0 radical (unpaired) electrons. The van der Waals surface area contributed by atoms with Crippen LogP contribution >= 0.6 is 0 Å². The molecule has 0 saturated heterocycles.